The SMILES string of the molecule is [N-]=[N+]=Nc1ccc(NC2O[C@H](CO)[C@@H](O[C@H]3O[C@H](CO)[C@@H](O)[C@H](O)[C@H]3O)[C@H](O)[C@H]2O)c([N+](=O)[O-])c1. The van der Waals surface area contributed by atoms with Crippen LogP contribution in [0.25, 0.3) is 10.4 Å². The van der Waals surface area contributed by atoms with Crippen LogP contribution in [0.4, 0.5) is 17.1 Å². The van der Waals surface area contributed by atoms with Crippen molar-refractivity contribution in [2.75, 3.05) is 18.5 Å². The zero-order valence-electron chi connectivity index (χ0n) is 17.9. The number of aliphatic hydroxyl groups is 7. The van der Waals surface area contributed by atoms with Crippen molar-refractivity contribution in [2.45, 2.75) is 61.3 Å². The second-order valence-electron chi connectivity index (χ2n) is 7.85. The minimum atomic E-state index is -1.82. The zero-order chi connectivity index (χ0) is 25.9. The second kappa shape index (κ2) is 11.4. The van der Waals surface area contributed by atoms with Gasteiger partial charge in [0.05, 0.1) is 18.1 Å². The van der Waals surface area contributed by atoms with Crippen LogP contribution >= 0.6 is 0 Å². The van der Waals surface area contributed by atoms with Gasteiger partial charge in [0, 0.05) is 16.7 Å². The summed E-state index contributed by atoms with van der Waals surface area (Å²) < 4.78 is 16.2. The van der Waals surface area contributed by atoms with Gasteiger partial charge in [-0.1, -0.05) is 11.2 Å². The first kappa shape index (κ1) is 26.9. The molecule has 0 spiro atoms. The summed E-state index contributed by atoms with van der Waals surface area (Å²) in [6.07, 6.45) is -16.2. The Labute approximate surface area is 196 Å². The number of anilines is 1. The van der Waals surface area contributed by atoms with E-state index in [0.717, 1.165) is 6.07 Å². The molecule has 2 aliphatic rings. The lowest BCUT2D eigenvalue weighted by Crippen LogP contribution is -2.65. The molecule has 1 aromatic rings. The maximum Gasteiger partial charge on any atom is 0.292 e. The van der Waals surface area contributed by atoms with Crippen LogP contribution in [0.5, 0.6) is 0 Å². The molecule has 10 atom stereocenters. The first-order valence-electron chi connectivity index (χ1n) is 10.3. The van der Waals surface area contributed by atoms with E-state index in [1.54, 1.807) is 0 Å². The van der Waals surface area contributed by atoms with Gasteiger partial charge >= 0.3 is 0 Å². The summed E-state index contributed by atoms with van der Waals surface area (Å²) in [5.74, 6) is 0. The Kier molecular flexibility index (Phi) is 8.75. The van der Waals surface area contributed by atoms with Gasteiger partial charge in [0.2, 0.25) is 0 Å². The number of hydrogen-bond acceptors (Lipinski definition) is 14. The molecule has 2 saturated heterocycles. The van der Waals surface area contributed by atoms with E-state index < -0.39 is 85.2 Å². The molecule has 35 heavy (non-hydrogen) atoms. The van der Waals surface area contributed by atoms with Gasteiger partial charge in [-0.15, -0.1) is 0 Å². The van der Waals surface area contributed by atoms with Gasteiger partial charge in [0.25, 0.3) is 5.69 Å². The predicted molar refractivity (Wildman–Crippen MR) is 112 cm³/mol. The monoisotopic (exact) mass is 503 g/mol. The van der Waals surface area contributed by atoms with Gasteiger partial charge in [-0.25, -0.2) is 0 Å². The molecular formula is C18H25N5O12. The van der Waals surface area contributed by atoms with Crippen molar-refractivity contribution < 1.29 is 54.9 Å². The van der Waals surface area contributed by atoms with Crippen LogP contribution in [0.1, 0.15) is 0 Å². The highest BCUT2D eigenvalue weighted by Crippen LogP contribution is 2.33. The third-order valence-electron chi connectivity index (χ3n) is 5.64. The third kappa shape index (κ3) is 5.61. The lowest BCUT2D eigenvalue weighted by molar-refractivity contribution is -0.384. The van der Waals surface area contributed by atoms with E-state index >= 15 is 0 Å². The van der Waals surface area contributed by atoms with E-state index in [0.29, 0.717) is 0 Å². The minimum Gasteiger partial charge on any atom is -0.394 e. The summed E-state index contributed by atoms with van der Waals surface area (Å²) in [6.45, 7) is -1.51. The summed E-state index contributed by atoms with van der Waals surface area (Å²) in [7, 11) is 0. The highest BCUT2D eigenvalue weighted by atomic mass is 16.7. The molecule has 8 N–H and O–H groups in total. The van der Waals surface area contributed by atoms with Crippen LogP contribution in [0.2, 0.25) is 0 Å². The number of hydrogen-bond donors (Lipinski definition) is 8. The number of nitro groups is 1. The Morgan fingerprint density at radius 2 is 1.71 bits per heavy atom. The van der Waals surface area contributed by atoms with Crippen LogP contribution in [0.3, 0.4) is 0 Å². The molecule has 17 heteroatoms. The first-order chi connectivity index (χ1) is 16.6. The predicted octanol–water partition coefficient (Wildman–Crippen LogP) is -2.43. The smallest absolute Gasteiger partial charge is 0.292 e. The van der Waals surface area contributed by atoms with E-state index in [-0.39, 0.29) is 11.4 Å². The number of benzene rings is 1. The molecular weight excluding hydrogens is 478 g/mol. The summed E-state index contributed by atoms with van der Waals surface area (Å²) in [4.78, 5) is 13.2. The van der Waals surface area contributed by atoms with Crippen molar-refractivity contribution in [2.24, 2.45) is 5.11 Å². The average Bonchev–Trinajstić information content (AvgIpc) is 2.84. The summed E-state index contributed by atoms with van der Waals surface area (Å²) in [5.41, 5.74) is 7.78. The maximum atomic E-state index is 11.4. The molecule has 0 aliphatic carbocycles. The standard InChI is InChI=1S/C18H25N5O12/c19-22-21-6-1-2-7(8(3-6)23(31)32)20-17-14(29)13(28)16(10(5-25)33-17)35-18-15(30)12(27)11(26)9(4-24)34-18/h1-3,9-18,20,24-30H,4-5H2/t9-,10-,11-,12+,13-,14-,15-,16-,17?,18-/m1/s1. The fraction of sp³-hybridized carbons (Fsp3) is 0.667. The van der Waals surface area contributed by atoms with Crippen LogP contribution in [-0.2, 0) is 14.2 Å². The summed E-state index contributed by atoms with van der Waals surface area (Å²) in [5, 5.41) is 87.5. The molecule has 1 aromatic carbocycles. The molecule has 0 amide bonds. The second-order valence-corrected chi connectivity index (χ2v) is 7.85. The van der Waals surface area contributed by atoms with Crippen LogP contribution in [0.15, 0.2) is 23.3 Å². The zero-order valence-corrected chi connectivity index (χ0v) is 17.9. The molecule has 0 saturated carbocycles. The fourth-order valence-electron chi connectivity index (χ4n) is 3.77. The van der Waals surface area contributed by atoms with Gasteiger partial charge in [0.1, 0.15) is 54.5 Å². The highest BCUT2D eigenvalue weighted by Gasteiger charge is 2.50. The molecule has 0 radical (unpaired) electrons. The fourth-order valence-corrected chi connectivity index (χ4v) is 3.77. The number of nitro benzene ring substituents is 1. The molecule has 2 heterocycles. The largest absolute Gasteiger partial charge is 0.394 e. The van der Waals surface area contributed by atoms with Crippen molar-refractivity contribution in [3.63, 3.8) is 0 Å². The van der Waals surface area contributed by atoms with Crippen molar-refractivity contribution in [1.29, 1.82) is 0 Å². The number of nitrogens with zero attached hydrogens (tertiary/aromatic N) is 4. The topological polar surface area (TPSA) is 273 Å². The van der Waals surface area contributed by atoms with E-state index in [1.807, 2.05) is 0 Å². The van der Waals surface area contributed by atoms with E-state index in [2.05, 4.69) is 15.3 Å². The molecule has 3 rings (SSSR count). The quantitative estimate of drug-likeness (QED) is 0.0603. The lowest BCUT2D eigenvalue weighted by atomic mass is 9.96. The number of ether oxygens (including phenoxy) is 3. The molecule has 17 nitrogen and oxygen atoms in total. The Morgan fingerprint density at radius 3 is 2.31 bits per heavy atom. The van der Waals surface area contributed by atoms with Crippen molar-refractivity contribution in [3.05, 3.63) is 38.8 Å². The maximum absolute atomic E-state index is 11.4. The molecule has 194 valence electrons. The van der Waals surface area contributed by atoms with E-state index in [4.69, 9.17) is 19.7 Å². The van der Waals surface area contributed by atoms with Crippen LogP contribution in [0, 0.1) is 10.1 Å². The van der Waals surface area contributed by atoms with Crippen molar-refractivity contribution in [3.8, 4) is 0 Å². The molecule has 0 aromatic heterocycles. The van der Waals surface area contributed by atoms with Crippen molar-refractivity contribution in [1.82, 2.24) is 0 Å². The van der Waals surface area contributed by atoms with Crippen molar-refractivity contribution >= 4 is 17.1 Å². The van der Waals surface area contributed by atoms with Gasteiger partial charge < -0.3 is 55.3 Å². The van der Waals surface area contributed by atoms with Crippen LogP contribution < -0.4 is 5.32 Å². The molecule has 2 fully saturated rings. The summed E-state index contributed by atoms with van der Waals surface area (Å²) >= 11 is 0. The van der Waals surface area contributed by atoms with Gasteiger partial charge in [0.15, 0.2) is 12.5 Å². The number of rotatable bonds is 8. The van der Waals surface area contributed by atoms with E-state index in [9.17, 15) is 45.9 Å². The Balaban J connectivity index is 1.78. The Bertz CT molecular complexity index is 944. The Hall–Kier alpha value is -2.67. The number of azide groups is 1. The minimum absolute atomic E-state index is 0.0453. The first-order valence-corrected chi connectivity index (χ1v) is 10.3. The Morgan fingerprint density at radius 1 is 1.03 bits per heavy atom. The molecule has 2 aliphatic heterocycles. The van der Waals surface area contributed by atoms with Crippen LogP contribution in [-0.4, -0.2) is 115 Å². The summed E-state index contributed by atoms with van der Waals surface area (Å²) in [6, 6.07) is 3.42. The van der Waals surface area contributed by atoms with Gasteiger partial charge in [-0.05, 0) is 11.6 Å². The average molecular weight is 503 g/mol. The highest BCUT2D eigenvalue weighted by molar-refractivity contribution is 5.66. The number of nitrogens with one attached hydrogen (secondary N) is 1. The van der Waals surface area contributed by atoms with E-state index in [1.165, 1.54) is 12.1 Å². The van der Waals surface area contributed by atoms with Gasteiger partial charge in [-0.3, -0.25) is 10.1 Å². The van der Waals surface area contributed by atoms with Gasteiger partial charge in [-0.2, -0.15) is 0 Å². The number of aliphatic hydroxyl groups excluding tert-OH is 7. The molecule has 1 unspecified atom stereocenters. The molecule has 0 bridgehead atoms. The normalized spacial score (nSPS) is 37.3. The lowest BCUT2D eigenvalue weighted by Gasteiger charge is -2.46. The third-order valence-corrected chi connectivity index (χ3v) is 5.64.